The van der Waals surface area contributed by atoms with Crippen LogP contribution in [0.2, 0.25) is 0 Å². The third-order valence-corrected chi connectivity index (χ3v) is 9.13. The number of carbonyl (C=O) groups is 3. The summed E-state index contributed by atoms with van der Waals surface area (Å²) in [7, 11) is 0. The Morgan fingerprint density at radius 2 is 1.73 bits per heavy atom. The number of nitrogens with zero attached hydrogens (tertiary/aromatic N) is 6. The number of ether oxygens (including phenoxy) is 1. The molecule has 218 valence electrons. The van der Waals surface area contributed by atoms with E-state index in [1.807, 2.05) is 67.3 Å². The molecule has 1 aromatic carbocycles. The van der Waals surface area contributed by atoms with Crippen LogP contribution < -0.4 is 0 Å². The van der Waals surface area contributed by atoms with Crippen LogP contribution >= 0.6 is 0 Å². The average molecular weight is 563 g/mol. The van der Waals surface area contributed by atoms with Crippen LogP contribution in [0.25, 0.3) is 11.0 Å². The number of amides is 3. The Hall–Kier alpha value is -3.57. The first kappa shape index (κ1) is 27.6. The van der Waals surface area contributed by atoms with Crippen molar-refractivity contribution in [3.05, 3.63) is 48.6 Å². The second-order valence-corrected chi connectivity index (χ2v) is 11.5. The predicted molar refractivity (Wildman–Crippen MR) is 150 cm³/mol. The fraction of sp³-hybridized carbons (Fsp3) is 0.567. The van der Waals surface area contributed by atoms with E-state index in [0.29, 0.717) is 45.4 Å². The molecule has 1 aromatic heterocycles. The zero-order valence-electron chi connectivity index (χ0n) is 23.7. The molecule has 1 spiro atoms. The molecule has 0 radical (unpaired) electrons. The molecule has 41 heavy (non-hydrogen) atoms. The highest BCUT2D eigenvalue weighted by atomic mass is 16.5. The van der Waals surface area contributed by atoms with Crippen LogP contribution in [0, 0.1) is 11.8 Å². The van der Waals surface area contributed by atoms with Gasteiger partial charge in [-0.2, -0.15) is 0 Å². The van der Waals surface area contributed by atoms with E-state index in [0.717, 1.165) is 17.5 Å². The van der Waals surface area contributed by atoms with Gasteiger partial charge < -0.3 is 24.5 Å². The van der Waals surface area contributed by atoms with Crippen molar-refractivity contribution in [1.29, 1.82) is 0 Å². The minimum absolute atomic E-state index is 0.00601. The Kier molecular flexibility index (Phi) is 7.19. The maximum Gasteiger partial charge on any atom is 0.250 e. The summed E-state index contributed by atoms with van der Waals surface area (Å²) >= 11 is 0. The summed E-state index contributed by atoms with van der Waals surface area (Å²) < 4.78 is 8.68. The van der Waals surface area contributed by atoms with Crippen molar-refractivity contribution < 1.29 is 24.2 Å². The Bertz CT molecular complexity index is 1400. The molecular formula is C30H38N6O5. The van der Waals surface area contributed by atoms with E-state index in [4.69, 9.17) is 4.74 Å². The van der Waals surface area contributed by atoms with E-state index in [9.17, 15) is 19.5 Å². The first-order valence-corrected chi connectivity index (χ1v) is 14.7. The van der Waals surface area contributed by atoms with Crippen LogP contribution in [0.15, 0.2) is 48.6 Å². The van der Waals surface area contributed by atoms with Gasteiger partial charge in [0.1, 0.15) is 23.8 Å². The van der Waals surface area contributed by atoms with Crippen molar-refractivity contribution in [1.82, 2.24) is 29.7 Å². The lowest BCUT2D eigenvalue weighted by Crippen LogP contribution is -2.56. The molecule has 0 aliphatic carbocycles. The Morgan fingerprint density at radius 3 is 2.51 bits per heavy atom. The third kappa shape index (κ3) is 4.20. The van der Waals surface area contributed by atoms with Gasteiger partial charge in [0.25, 0.3) is 5.91 Å². The zero-order valence-corrected chi connectivity index (χ0v) is 23.7. The third-order valence-electron chi connectivity index (χ3n) is 9.13. The summed E-state index contributed by atoms with van der Waals surface area (Å²) in [5, 5.41) is 18.0. The SMILES string of the molecule is CCCN1CC=C[C@]2(CC)O[C@]34C=CCN(Cn5nnc6ccccc65)C(=O)C3N(CCCCO)C(=O)[C@@H]4[C@@H]2C1=O. The van der Waals surface area contributed by atoms with Gasteiger partial charge in [0.2, 0.25) is 11.8 Å². The van der Waals surface area contributed by atoms with Gasteiger partial charge in [-0.3, -0.25) is 14.4 Å². The van der Waals surface area contributed by atoms with Gasteiger partial charge in [-0.05, 0) is 37.8 Å². The van der Waals surface area contributed by atoms with E-state index in [2.05, 4.69) is 10.3 Å². The van der Waals surface area contributed by atoms with Gasteiger partial charge in [0, 0.05) is 32.8 Å². The minimum atomic E-state index is -1.29. The van der Waals surface area contributed by atoms with Gasteiger partial charge in [-0.25, -0.2) is 4.68 Å². The van der Waals surface area contributed by atoms with Crippen LogP contribution in [0.3, 0.4) is 0 Å². The number of likely N-dealkylation sites (tertiary alicyclic amines) is 1. The number of aliphatic hydroxyl groups excluding tert-OH is 1. The van der Waals surface area contributed by atoms with Crippen LogP contribution in [0.4, 0.5) is 0 Å². The quantitative estimate of drug-likeness (QED) is 0.365. The second kappa shape index (κ2) is 10.7. The van der Waals surface area contributed by atoms with Crippen LogP contribution in [0.5, 0.6) is 0 Å². The predicted octanol–water partition coefficient (Wildman–Crippen LogP) is 1.73. The molecule has 0 bridgehead atoms. The maximum atomic E-state index is 14.5. The summed E-state index contributed by atoms with van der Waals surface area (Å²) in [5.41, 5.74) is -0.742. The summed E-state index contributed by atoms with van der Waals surface area (Å²) in [4.78, 5) is 48.1. The van der Waals surface area contributed by atoms with Crippen molar-refractivity contribution in [3.63, 3.8) is 0 Å². The Labute approximate surface area is 239 Å². The number of carbonyl (C=O) groups excluding carboxylic acids is 3. The normalized spacial score (nSPS) is 31.0. The first-order valence-electron chi connectivity index (χ1n) is 14.7. The molecule has 11 heteroatoms. The summed E-state index contributed by atoms with van der Waals surface area (Å²) in [5.74, 6) is -2.15. The fourth-order valence-corrected chi connectivity index (χ4v) is 7.27. The molecule has 4 aliphatic rings. The molecule has 1 N–H and O–H groups in total. The van der Waals surface area contributed by atoms with E-state index >= 15 is 0 Å². The van der Waals surface area contributed by atoms with E-state index < -0.39 is 29.1 Å². The Balaban J connectivity index is 1.42. The zero-order chi connectivity index (χ0) is 28.8. The number of hydrogen-bond acceptors (Lipinski definition) is 7. The number of unbranched alkanes of at least 4 members (excludes halogenated alkanes) is 1. The van der Waals surface area contributed by atoms with Gasteiger partial charge in [0.15, 0.2) is 0 Å². The lowest BCUT2D eigenvalue weighted by Gasteiger charge is -2.38. The number of aromatic nitrogens is 3. The van der Waals surface area contributed by atoms with Crippen LogP contribution in [-0.2, 0) is 25.8 Å². The highest BCUT2D eigenvalue weighted by Crippen LogP contribution is 2.58. The smallest absolute Gasteiger partial charge is 0.250 e. The lowest BCUT2D eigenvalue weighted by atomic mass is 9.73. The van der Waals surface area contributed by atoms with Gasteiger partial charge in [0.05, 0.1) is 23.0 Å². The molecule has 4 aliphatic heterocycles. The number of hydrogen-bond donors (Lipinski definition) is 1. The number of fused-ring (bicyclic) bond motifs is 3. The molecule has 3 amide bonds. The van der Waals surface area contributed by atoms with Crippen LogP contribution in [0.1, 0.15) is 39.5 Å². The molecule has 6 rings (SSSR count). The molecule has 1 unspecified atom stereocenters. The monoisotopic (exact) mass is 562 g/mol. The van der Waals surface area contributed by atoms with Crippen LogP contribution in [-0.4, -0.2) is 103 Å². The number of aliphatic hydroxyl groups is 1. The molecular weight excluding hydrogens is 524 g/mol. The number of benzene rings is 1. The van der Waals surface area contributed by atoms with Crippen molar-refractivity contribution in [2.24, 2.45) is 11.8 Å². The topological polar surface area (TPSA) is 121 Å². The van der Waals surface area contributed by atoms with E-state index in [1.54, 1.807) is 14.5 Å². The maximum absolute atomic E-state index is 14.5. The molecule has 2 fully saturated rings. The van der Waals surface area contributed by atoms with E-state index in [-0.39, 0.29) is 31.0 Å². The summed E-state index contributed by atoms with van der Waals surface area (Å²) in [6.07, 6.45) is 10.0. The molecule has 0 saturated carbocycles. The average Bonchev–Trinajstić information content (AvgIpc) is 3.51. The number of para-hydroxylation sites is 1. The molecule has 11 nitrogen and oxygen atoms in total. The number of rotatable bonds is 9. The summed E-state index contributed by atoms with van der Waals surface area (Å²) in [6, 6.07) is 6.62. The minimum Gasteiger partial charge on any atom is -0.396 e. The molecule has 2 saturated heterocycles. The van der Waals surface area contributed by atoms with Gasteiger partial charge >= 0.3 is 0 Å². The standard InChI is InChI=1S/C30H38N6O5/c1-3-15-33-16-9-13-29(4-2)23(26(33)38)24-27(39)35(18-7-8-19-37)25-28(40)34(17-10-14-30(24,25)41-29)20-36-22-12-6-5-11-21(22)31-32-36/h5-6,9-14,23-25,37H,3-4,7-8,15-20H2,1-2H3/t23-,24+,25?,29+,30+/m1/s1. The summed E-state index contributed by atoms with van der Waals surface area (Å²) in [6.45, 7) is 5.81. The molecule has 5 atom stereocenters. The lowest BCUT2D eigenvalue weighted by molar-refractivity contribution is -0.155. The van der Waals surface area contributed by atoms with Crippen molar-refractivity contribution in [2.45, 2.75) is 63.4 Å². The highest BCUT2D eigenvalue weighted by Gasteiger charge is 2.75. The molecule has 2 aromatic rings. The molecule has 5 heterocycles. The second-order valence-electron chi connectivity index (χ2n) is 11.5. The van der Waals surface area contributed by atoms with Crippen molar-refractivity contribution in [2.75, 3.05) is 32.8 Å². The van der Waals surface area contributed by atoms with Crippen molar-refractivity contribution >= 4 is 28.8 Å². The van der Waals surface area contributed by atoms with Crippen molar-refractivity contribution in [3.8, 4) is 0 Å². The van der Waals surface area contributed by atoms with E-state index in [1.165, 1.54) is 0 Å². The largest absolute Gasteiger partial charge is 0.396 e. The first-order chi connectivity index (χ1) is 19.9. The van der Waals surface area contributed by atoms with Gasteiger partial charge in [-0.15, -0.1) is 5.10 Å². The fourth-order valence-electron chi connectivity index (χ4n) is 7.27. The highest BCUT2D eigenvalue weighted by molar-refractivity contribution is 6.00. The Morgan fingerprint density at radius 1 is 0.951 bits per heavy atom. The van der Waals surface area contributed by atoms with Gasteiger partial charge in [-0.1, -0.05) is 55.5 Å².